The van der Waals surface area contributed by atoms with Gasteiger partial charge in [0.2, 0.25) is 0 Å². The van der Waals surface area contributed by atoms with Crippen LogP contribution in [0.5, 0.6) is 0 Å². The van der Waals surface area contributed by atoms with Crippen LogP contribution in [0.25, 0.3) is 0 Å². The largest absolute Gasteiger partial charge is 0.416 e. The summed E-state index contributed by atoms with van der Waals surface area (Å²) in [5.41, 5.74) is -1.76. The van der Waals surface area contributed by atoms with Crippen molar-refractivity contribution in [1.82, 2.24) is 0 Å². The monoisotopic (exact) mass is 320 g/mol. The van der Waals surface area contributed by atoms with Gasteiger partial charge in [0, 0.05) is 5.56 Å². The quantitative estimate of drug-likeness (QED) is 0.632. The summed E-state index contributed by atoms with van der Waals surface area (Å²) < 4.78 is 77.5. The molecule has 0 aromatic heterocycles. The molecule has 0 aliphatic carbocycles. The lowest BCUT2D eigenvalue weighted by Crippen LogP contribution is -2.12. The van der Waals surface area contributed by atoms with Crippen molar-refractivity contribution in [3.05, 3.63) is 34.1 Å². The number of halogens is 5. The van der Waals surface area contributed by atoms with Gasteiger partial charge >= 0.3 is 6.18 Å². The van der Waals surface area contributed by atoms with Crippen LogP contribution >= 0.6 is 11.6 Å². The van der Waals surface area contributed by atoms with Crippen LogP contribution < -0.4 is 0 Å². The Hall–Kier alpha value is -0.860. The van der Waals surface area contributed by atoms with Crippen LogP contribution in [-0.2, 0) is 20.5 Å². The van der Waals surface area contributed by atoms with Gasteiger partial charge in [-0.15, -0.1) is 0 Å². The first-order valence-corrected chi connectivity index (χ1v) is 7.05. The van der Waals surface area contributed by atoms with Gasteiger partial charge in [0.1, 0.15) is 11.9 Å². The number of hydrogen-bond donors (Lipinski definition) is 0. The first-order valence-electron chi connectivity index (χ1n) is 4.86. The molecule has 0 amide bonds. The van der Waals surface area contributed by atoms with Crippen molar-refractivity contribution < 1.29 is 30.2 Å². The van der Waals surface area contributed by atoms with Crippen molar-refractivity contribution in [2.75, 3.05) is 6.26 Å². The molecule has 1 aromatic rings. The predicted octanol–water partition coefficient (Wildman–Crippen LogP) is 3.54. The highest BCUT2D eigenvalue weighted by atomic mass is 35.5. The second-order valence-corrected chi connectivity index (χ2v) is 5.81. The van der Waals surface area contributed by atoms with Crippen LogP contribution in [-0.4, -0.2) is 14.7 Å². The minimum Gasteiger partial charge on any atom is -0.262 e. The Balaban J connectivity index is 3.31. The van der Waals surface area contributed by atoms with Gasteiger partial charge in [-0.1, -0.05) is 11.6 Å². The van der Waals surface area contributed by atoms with E-state index < -0.39 is 44.4 Å². The zero-order chi connectivity index (χ0) is 15.0. The van der Waals surface area contributed by atoms with Crippen LogP contribution in [0.15, 0.2) is 12.1 Å². The van der Waals surface area contributed by atoms with E-state index >= 15 is 0 Å². The third-order valence-electron chi connectivity index (χ3n) is 2.14. The zero-order valence-corrected chi connectivity index (χ0v) is 11.3. The van der Waals surface area contributed by atoms with Crippen LogP contribution in [0, 0.1) is 5.82 Å². The molecule has 0 fully saturated rings. The van der Waals surface area contributed by atoms with E-state index in [4.69, 9.17) is 11.6 Å². The minimum atomic E-state index is -4.73. The van der Waals surface area contributed by atoms with E-state index in [1.807, 2.05) is 0 Å². The third-order valence-corrected chi connectivity index (χ3v) is 3.05. The van der Waals surface area contributed by atoms with E-state index in [1.54, 1.807) is 0 Å². The highest BCUT2D eigenvalue weighted by molar-refractivity contribution is 7.86. The topological polar surface area (TPSA) is 43.4 Å². The minimum absolute atomic E-state index is 0.424. The highest BCUT2D eigenvalue weighted by Crippen LogP contribution is 2.36. The maximum atomic E-state index is 13.6. The van der Waals surface area contributed by atoms with E-state index in [0.29, 0.717) is 18.4 Å². The van der Waals surface area contributed by atoms with Crippen LogP contribution in [0.3, 0.4) is 0 Å². The number of rotatable bonds is 3. The SMILES string of the molecule is CC(OS(C)(=O)=O)c1cc(C(F)(F)F)cc(Cl)c1F. The Kier molecular flexibility index (Phi) is 4.48. The van der Waals surface area contributed by atoms with Gasteiger partial charge in [0.25, 0.3) is 10.1 Å². The summed E-state index contributed by atoms with van der Waals surface area (Å²) in [6.45, 7) is 1.11. The van der Waals surface area contributed by atoms with E-state index in [2.05, 4.69) is 4.18 Å². The lowest BCUT2D eigenvalue weighted by atomic mass is 10.1. The zero-order valence-electron chi connectivity index (χ0n) is 9.75. The number of hydrogen-bond acceptors (Lipinski definition) is 3. The summed E-state index contributed by atoms with van der Waals surface area (Å²) in [4.78, 5) is 0. The van der Waals surface area contributed by atoms with Crippen LogP contribution in [0.1, 0.15) is 24.2 Å². The molecule has 1 aromatic carbocycles. The Labute approximate surface area is 112 Å². The molecule has 0 spiro atoms. The fourth-order valence-electron chi connectivity index (χ4n) is 1.38. The molecule has 3 nitrogen and oxygen atoms in total. The Morgan fingerprint density at radius 1 is 1.32 bits per heavy atom. The molecule has 0 saturated heterocycles. The summed E-state index contributed by atoms with van der Waals surface area (Å²) in [6.07, 6.45) is -5.44. The maximum absolute atomic E-state index is 13.6. The van der Waals surface area contributed by atoms with E-state index in [1.165, 1.54) is 0 Å². The van der Waals surface area contributed by atoms with Crippen molar-refractivity contribution in [3.8, 4) is 0 Å². The molecule has 108 valence electrons. The van der Waals surface area contributed by atoms with Crippen molar-refractivity contribution >= 4 is 21.7 Å². The Bertz CT molecular complexity index is 583. The molecule has 0 aliphatic rings. The highest BCUT2D eigenvalue weighted by Gasteiger charge is 2.33. The molecule has 1 atom stereocenters. The van der Waals surface area contributed by atoms with Crippen LogP contribution in [0.2, 0.25) is 5.02 Å². The normalized spacial score (nSPS) is 14.5. The number of benzene rings is 1. The van der Waals surface area contributed by atoms with Crippen molar-refractivity contribution in [3.63, 3.8) is 0 Å². The van der Waals surface area contributed by atoms with Gasteiger partial charge in [-0.3, -0.25) is 4.18 Å². The summed E-state index contributed by atoms with van der Waals surface area (Å²) in [5, 5.41) is -0.756. The molecule has 0 aliphatic heterocycles. The summed E-state index contributed by atoms with van der Waals surface area (Å²) in [7, 11) is -3.94. The van der Waals surface area contributed by atoms with Gasteiger partial charge in [-0.25, -0.2) is 4.39 Å². The van der Waals surface area contributed by atoms with Crippen molar-refractivity contribution in [2.24, 2.45) is 0 Å². The molecule has 0 saturated carbocycles. The summed E-state index contributed by atoms with van der Waals surface area (Å²) in [6, 6.07) is 0.893. The van der Waals surface area contributed by atoms with E-state index in [0.717, 1.165) is 6.92 Å². The lowest BCUT2D eigenvalue weighted by molar-refractivity contribution is -0.137. The molecule has 0 bridgehead atoms. The van der Waals surface area contributed by atoms with Gasteiger partial charge < -0.3 is 0 Å². The predicted molar refractivity (Wildman–Crippen MR) is 60.8 cm³/mol. The summed E-state index contributed by atoms with van der Waals surface area (Å²) in [5.74, 6) is -1.15. The molecule has 0 heterocycles. The second kappa shape index (κ2) is 5.26. The fraction of sp³-hybridized carbons (Fsp3) is 0.400. The second-order valence-electron chi connectivity index (χ2n) is 3.80. The van der Waals surface area contributed by atoms with Gasteiger partial charge in [-0.05, 0) is 19.1 Å². The van der Waals surface area contributed by atoms with Crippen molar-refractivity contribution in [2.45, 2.75) is 19.2 Å². The average molecular weight is 321 g/mol. The van der Waals surface area contributed by atoms with Crippen LogP contribution in [0.4, 0.5) is 17.6 Å². The summed E-state index contributed by atoms with van der Waals surface area (Å²) >= 11 is 5.36. The molecular weight excluding hydrogens is 312 g/mol. The number of alkyl halides is 3. The Morgan fingerprint density at radius 2 is 1.84 bits per heavy atom. The molecule has 0 N–H and O–H groups in total. The molecule has 19 heavy (non-hydrogen) atoms. The fourth-order valence-corrected chi connectivity index (χ4v) is 2.24. The van der Waals surface area contributed by atoms with E-state index in [9.17, 15) is 26.0 Å². The van der Waals surface area contributed by atoms with Gasteiger partial charge in [-0.2, -0.15) is 21.6 Å². The standard InChI is InChI=1S/C10H9ClF4O3S/c1-5(18-19(2,16)17)7-3-6(10(13,14)15)4-8(11)9(7)12/h3-5H,1-2H3. The maximum Gasteiger partial charge on any atom is 0.416 e. The Morgan fingerprint density at radius 3 is 2.26 bits per heavy atom. The smallest absolute Gasteiger partial charge is 0.262 e. The van der Waals surface area contributed by atoms with E-state index in [-0.39, 0.29) is 0 Å². The molecule has 1 unspecified atom stereocenters. The van der Waals surface area contributed by atoms with Crippen molar-refractivity contribution in [1.29, 1.82) is 0 Å². The molecular formula is C10H9ClF4O3S. The van der Waals surface area contributed by atoms with Gasteiger partial charge in [0.15, 0.2) is 0 Å². The average Bonchev–Trinajstić information content (AvgIpc) is 2.17. The molecule has 0 radical (unpaired) electrons. The first-order chi connectivity index (χ1) is 8.42. The molecule has 1 rings (SSSR count). The first kappa shape index (κ1) is 16.2. The lowest BCUT2D eigenvalue weighted by Gasteiger charge is -2.16. The molecule has 9 heteroatoms. The third kappa shape index (κ3) is 4.32. The van der Waals surface area contributed by atoms with Gasteiger partial charge in [0.05, 0.1) is 16.8 Å².